The van der Waals surface area contributed by atoms with Crippen LogP contribution in [0.3, 0.4) is 0 Å². The van der Waals surface area contributed by atoms with Gasteiger partial charge in [0.25, 0.3) is 0 Å². The molecule has 1 aromatic heterocycles. The highest BCUT2D eigenvalue weighted by atomic mass is 16.4. The van der Waals surface area contributed by atoms with E-state index in [1.807, 2.05) is 19.3 Å². The molecule has 2 atom stereocenters. The maximum Gasteiger partial charge on any atom is 0.312 e. The predicted octanol–water partition coefficient (Wildman–Crippen LogP) is 2.23. The van der Waals surface area contributed by atoms with Gasteiger partial charge in [-0.05, 0) is 32.7 Å². The Morgan fingerprint density at radius 1 is 1.23 bits per heavy atom. The fraction of sp³-hybridized carbons (Fsp3) is 0.800. The molecule has 0 radical (unpaired) electrons. The van der Waals surface area contributed by atoms with Gasteiger partial charge in [-0.3, -0.25) is 9.69 Å². The van der Waals surface area contributed by atoms with Crippen LogP contribution >= 0.6 is 0 Å². The molecule has 1 N–H and O–H groups in total. The molecule has 0 amide bonds. The Bertz CT molecular complexity index is 640. The molecule has 144 valence electrons. The summed E-state index contributed by atoms with van der Waals surface area (Å²) in [5.74, 6) is 0.763. The lowest BCUT2D eigenvalue weighted by molar-refractivity contribution is -0.149. The van der Waals surface area contributed by atoms with Crippen LogP contribution in [0.4, 0.5) is 0 Å². The predicted molar refractivity (Wildman–Crippen MR) is 100 cm³/mol. The molecular formula is C20H32N4O2. The molecule has 0 unspecified atom stereocenters. The summed E-state index contributed by atoms with van der Waals surface area (Å²) in [7, 11) is 0. The molecule has 1 aromatic rings. The molecule has 3 fully saturated rings. The van der Waals surface area contributed by atoms with Crippen LogP contribution in [-0.4, -0.2) is 69.2 Å². The first-order valence-electron chi connectivity index (χ1n) is 10.3. The maximum atomic E-state index is 12.2. The van der Waals surface area contributed by atoms with Gasteiger partial charge in [-0.1, -0.05) is 19.3 Å². The molecule has 3 aliphatic rings. The Labute approximate surface area is 156 Å². The third kappa shape index (κ3) is 3.29. The fourth-order valence-corrected chi connectivity index (χ4v) is 5.51. The minimum absolute atomic E-state index is 0.289. The van der Waals surface area contributed by atoms with Crippen LogP contribution in [0.5, 0.6) is 0 Å². The van der Waals surface area contributed by atoms with Gasteiger partial charge in [0.2, 0.25) is 0 Å². The van der Waals surface area contributed by atoms with Crippen LogP contribution in [0.25, 0.3) is 0 Å². The van der Waals surface area contributed by atoms with Gasteiger partial charge in [0.1, 0.15) is 5.82 Å². The third-order valence-corrected chi connectivity index (χ3v) is 7.02. The molecule has 2 saturated heterocycles. The first-order chi connectivity index (χ1) is 12.6. The second kappa shape index (κ2) is 7.31. The smallest absolute Gasteiger partial charge is 0.312 e. The zero-order valence-electron chi connectivity index (χ0n) is 15.9. The van der Waals surface area contributed by atoms with Crippen molar-refractivity contribution in [2.24, 2.45) is 11.3 Å². The number of nitrogens with zero attached hydrogens (tertiary/aromatic N) is 4. The molecule has 0 bridgehead atoms. The average Bonchev–Trinajstić information content (AvgIpc) is 3.29. The molecule has 1 aliphatic carbocycles. The van der Waals surface area contributed by atoms with Crippen molar-refractivity contribution >= 4 is 5.97 Å². The van der Waals surface area contributed by atoms with E-state index in [0.717, 1.165) is 51.5 Å². The topological polar surface area (TPSA) is 61.6 Å². The normalized spacial score (nSPS) is 30.7. The van der Waals surface area contributed by atoms with Crippen molar-refractivity contribution in [2.45, 2.75) is 58.0 Å². The number of hydrogen-bond donors (Lipinski definition) is 1. The molecule has 6 heteroatoms. The van der Waals surface area contributed by atoms with E-state index in [9.17, 15) is 9.90 Å². The number of rotatable bonds is 6. The second-order valence-electron chi connectivity index (χ2n) is 8.64. The van der Waals surface area contributed by atoms with Crippen molar-refractivity contribution in [3.05, 3.63) is 18.2 Å². The van der Waals surface area contributed by atoms with Crippen molar-refractivity contribution in [3.63, 3.8) is 0 Å². The lowest BCUT2D eigenvalue weighted by Crippen LogP contribution is -2.43. The Hall–Kier alpha value is -1.40. The number of likely N-dealkylation sites (tertiary alicyclic amines) is 2. The molecule has 26 heavy (non-hydrogen) atoms. The number of carbonyl (C=O) groups is 1. The van der Waals surface area contributed by atoms with E-state index in [1.54, 1.807) is 0 Å². The summed E-state index contributed by atoms with van der Waals surface area (Å²) in [6.07, 6.45) is 11.4. The van der Waals surface area contributed by atoms with Gasteiger partial charge in [-0.2, -0.15) is 0 Å². The summed E-state index contributed by atoms with van der Waals surface area (Å²) >= 11 is 0. The first-order valence-corrected chi connectivity index (χ1v) is 10.3. The maximum absolute atomic E-state index is 12.2. The fourth-order valence-electron chi connectivity index (χ4n) is 5.51. The van der Waals surface area contributed by atoms with E-state index in [0.29, 0.717) is 6.04 Å². The van der Waals surface area contributed by atoms with Crippen LogP contribution in [-0.2, 0) is 11.3 Å². The van der Waals surface area contributed by atoms with Gasteiger partial charge in [0.05, 0.1) is 5.41 Å². The number of carboxylic acid groups (broad SMARTS) is 1. The summed E-state index contributed by atoms with van der Waals surface area (Å²) in [4.78, 5) is 21.4. The van der Waals surface area contributed by atoms with Gasteiger partial charge >= 0.3 is 5.97 Å². The van der Waals surface area contributed by atoms with E-state index in [2.05, 4.69) is 19.4 Å². The summed E-state index contributed by atoms with van der Waals surface area (Å²) in [5.41, 5.74) is -0.539. The number of imidazole rings is 1. The average molecular weight is 361 g/mol. The van der Waals surface area contributed by atoms with Crippen LogP contribution < -0.4 is 0 Å². The standard InChI is InChI=1S/C20H32N4O2/c1-16-21-8-11-23(16)10-5-9-22-12-17-13-24(18-6-3-2-4-7-18)15-20(17,14-22)19(25)26/h8,11,17-18H,2-7,9-10,12-15H2,1H3,(H,25,26)/t17-,20-/m0/s1. The minimum atomic E-state index is -0.575. The molecule has 1 saturated carbocycles. The van der Waals surface area contributed by atoms with Gasteiger partial charge in [0.15, 0.2) is 0 Å². The highest BCUT2D eigenvalue weighted by Crippen LogP contribution is 2.44. The first kappa shape index (κ1) is 18.0. The van der Waals surface area contributed by atoms with E-state index in [1.165, 1.54) is 32.1 Å². The van der Waals surface area contributed by atoms with Crippen molar-refractivity contribution in [2.75, 3.05) is 32.7 Å². The number of aliphatic carboxylic acids is 1. The lowest BCUT2D eigenvalue weighted by Gasteiger charge is -2.33. The van der Waals surface area contributed by atoms with E-state index in [4.69, 9.17) is 0 Å². The summed E-state index contributed by atoms with van der Waals surface area (Å²) in [6, 6.07) is 0.628. The number of carboxylic acids is 1. The molecule has 2 aliphatic heterocycles. The summed E-state index contributed by atoms with van der Waals surface area (Å²) in [6.45, 7) is 7.37. The second-order valence-corrected chi connectivity index (χ2v) is 8.64. The molecule has 3 heterocycles. The lowest BCUT2D eigenvalue weighted by atomic mass is 9.81. The largest absolute Gasteiger partial charge is 0.481 e. The molecule has 6 nitrogen and oxygen atoms in total. The number of fused-ring (bicyclic) bond motifs is 1. The highest BCUT2D eigenvalue weighted by Gasteiger charge is 2.58. The summed E-state index contributed by atoms with van der Waals surface area (Å²) < 4.78 is 2.18. The molecule has 0 spiro atoms. The number of hydrogen-bond acceptors (Lipinski definition) is 4. The van der Waals surface area contributed by atoms with Crippen molar-refractivity contribution in [3.8, 4) is 0 Å². The van der Waals surface area contributed by atoms with Crippen molar-refractivity contribution in [1.29, 1.82) is 0 Å². The summed E-state index contributed by atoms with van der Waals surface area (Å²) in [5, 5.41) is 10.1. The van der Waals surface area contributed by atoms with E-state index in [-0.39, 0.29) is 5.92 Å². The van der Waals surface area contributed by atoms with Crippen LogP contribution in [0, 0.1) is 18.3 Å². The Morgan fingerprint density at radius 3 is 2.69 bits per heavy atom. The third-order valence-electron chi connectivity index (χ3n) is 7.02. The van der Waals surface area contributed by atoms with Gasteiger partial charge in [-0.25, -0.2) is 4.98 Å². The Balaban J connectivity index is 1.34. The van der Waals surface area contributed by atoms with E-state index >= 15 is 0 Å². The zero-order chi connectivity index (χ0) is 18.1. The Kier molecular flexibility index (Phi) is 5.06. The van der Waals surface area contributed by atoms with Crippen LogP contribution in [0.2, 0.25) is 0 Å². The van der Waals surface area contributed by atoms with Crippen molar-refractivity contribution < 1.29 is 9.90 Å². The molecular weight excluding hydrogens is 328 g/mol. The van der Waals surface area contributed by atoms with Gasteiger partial charge in [-0.15, -0.1) is 0 Å². The minimum Gasteiger partial charge on any atom is -0.481 e. The highest BCUT2D eigenvalue weighted by molar-refractivity contribution is 5.77. The van der Waals surface area contributed by atoms with E-state index < -0.39 is 11.4 Å². The van der Waals surface area contributed by atoms with Crippen LogP contribution in [0.15, 0.2) is 12.4 Å². The molecule has 0 aromatic carbocycles. The monoisotopic (exact) mass is 360 g/mol. The zero-order valence-corrected chi connectivity index (χ0v) is 15.9. The number of aryl methyl sites for hydroxylation is 2. The van der Waals surface area contributed by atoms with Crippen molar-refractivity contribution in [1.82, 2.24) is 19.4 Å². The van der Waals surface area contributed by atoms with Crippen LogP contribution in [0.1, 0.15) is 44.3 Å². The van der Waals surface area contributed by atoms with Gasteiger partial charge < -0.3 is 14.6 Å². The SMILES string of the molecule is Cc1nccn1CCCN1C[C@H]2CN(C3CCCCC3)C[C@@]2(C(=O)O)C1. The quantitative estimate of drug-likeness (QED) is 0.843. The Morgan fingerprint density at radius 2 is 2.04 bits per heavy atom. The molecule has 4 rings (SSSR count). The number of aromatic nitrogens is 2. The van der Waals surface area contributed by atoms with Gasteiger partial charge in [0, 0.05) is 57.1 Å².